The third kappa shape index (κ3) is 9.12. The van der Waals surface area contributed by atoms with E-state index in [-0.39, 0.29) is 0 Å². The molecule has 1 aromatic rings. The minimum atomic E-state index is -1.98. The van der Waals surface area contributed by atoms with E-state index in [0.717, 1.165) is 23.4 Å². The zero-order chi connectivity index (χ0) is 20.9. The van der Waals surface area contributed by atoms with E-state index in [4.69, 9.17) is 11.5 Å². The van der Waals surface area contributed by atoms with E-state index in [1.165, 1.54) is 25.9 Å². The fourth-order valence-corrected chi connectivity index (χ4v) is 4.76. The van der Waals surface area contributed by atoms with Gasteiger partial charge in [-0.2, -0.15) is 0 Å². The molecular formula is C21H42N4OS. The lowest BCUT2D eigenvalue weighted by Gasteiger charge is -2.41. The summed E-state index contributed by atoms with van der Waals surface area (Å²) >= 11 is 0. The Labute approximate surface area is 169 Å². The van der Waals surface area contributed by atoms with Crippen LogP contribution in [0.5, 0.6) is 0 Å². The fourth-order valence-electron chi connectivity index (χ4n) is 2.81. The normalized spacial score (nSPS) is 17.2. The minimum Gasteiger partial charge on any atom is -0.399 e. The van der Waals surface area contributed by atoms with E-state index in [1.807, 2.05) is 44.4 Å². The summed E-state index contributed by atoms with van der Waals surface area (Å²) in [4.78, 5) is 3.28. The quantitative estimate of drug-likeness (QED) is 0.641. The molecular weight excluding hydrogens is 356 g/mol. The molecule has 1 fully saturated rings. The Morgan fingerprint density at radius 2 is 1.70 bits per heavy atom. The maximum absolute atomic E-state index is 10.8. The highest BCUT2D eigenvalue weighted by molar-refractivity contribution is 8.26. The van der Waals surface area contributed by atoms with E-state index in [0.29, 0.717) is 18.8 Å². The first-order chi connectivity index (χ1) is 12.8. The third-order valence-corrected chi connectivity index (χ3v) is 6.89. The van der Waals surface area contributed by atoms with Crippen LogP contribution in [0.3, 0.4) is 0 Å². The molecule has 1 saturated heterocycles. The number of nitrogens with zero attached hydrogens (tertiary/aromatic N) is 2. The first-order valence-electron chi connectivity index (χ1n) is 10.0. The van der Waals surface area contributed by atoms with E-state index in [2.05, 4.69) is 29.8 Å². The standard InChI is InChI=1S/C14H25N3OS.C5H11N.C2H6/c1-4-10-17(11-9-15)19(3,18)14-7-5-13(6-8-14)12(2)16;1-6-4-2-3-5-6;1-2/h5-8,18H,2,4,9-11,15-16H2,1,3H3;2-5H2,1H3;1-2H3. The van der Waals surface area contributed by atoms with Crippen molar-refractivity contribution in [2.45, 2.75) is 44.9 Å². The van der Waals surface area contributed by atoms with Gasteiger partial charge in [-0.1, -0.05) is 50.0 Å². The number of hydrogen-bond donors (Lipinski definition) is 3. The lowest BCUT2D eigenvalue weighted by atomic mass is 10.2. The minimum absolute atomic E-state index is 0.536. The first-order valence-corrected chi connectivity index (χ1v) is 12.0. The van der Waals surface area contributed by atoms with Crippen LogP contribution in [0.2, 0.25) is 0 Å². The van der Waals surface area contributed by atoms with Gasteiger partial charge in [-0.3, -0.25) is 0 Å². The first kappa shape index (κ1) is 26.0. The smallest absolute Gasteiger partial charge is 0.0314 e. The van der Waals surface area contributed by atoms with Crippen LogP contribution in [-0.2, 0) is 0 Å². The van der Waals surface area contributed by atoms with Gasteiger partial charge in [0.1, 0.15) is 0 Å². The summed E-state index contributed by atoms with van der Waals surface area (Å²) in [5, 5.41) is 0. The van der Waals surface area contributed by atoms with Crippen molar-refractivity contribution in [2.24, 2.45) is 11.5 Å². The van der Waals surface area contributed by atoms with Crippen molar-refractivity contribution in [1.82, 2.24) is 9.21 Å². The van der Waals surface area contributed by atoms with Crippen LogP contribution in [0.15, 0.2) is 35.7 Å². The molecule has 1 aliphatic rings. The molecule has 5 N–H and O–H groups in total. The summed E-state index contributed by atoms with van der Waals surface area (Å²) in [6, 6.07) is 7.63. The van der Waals surface area contributed by atoms with Gasteiger partial charge in [-0.05, 0) is 57.1 Å². The second-order valence-electron chi connectivity index (χ2n) is 6.61. The number of nitrogens with two attached hydrogens (primary N) is 2. The largest absolute Gasteiger partial charge is 0.399 e. The molecule has 27 heavy (non-hydrogen) atoms. The van der Waals surface area contributed by atoms with Gasteiger partial charge in [0.15, 0.2) is 0 Å². The summed E-state index contributed by atoms with van der Waals surface area (Å²) in [7, 11) is 0.189. The second kappa shape index (κ2) is 14.0. The van der Waals surface area contributed by atoms with Gasteiger partial charge in [0.25, 0.3) is 0 Å². The fraction of sp³-hybridized carbons (Fsp3) is 0.619. The van der Waals surface area contributed by atoms with Crippen molar-refractivity contribution < 1.29 is 4.55 Å². The highest BCUT2D eigenvalue weighted by Gasteiger charge is 2.24. The maximum atomic E-state index is 10.8. The van der Waals surface area contributed by atoms with Crippen molar-refractivity contribution in [3.05, 3.63) is 36.4 Å². The van der Waals surface area contributed by atoms with Crippen LogP contribution < -0.4 is 11.5 Å². The molecule has 0 spiro atoms. The van der Waals surface area contributed by atoms with Crippen LogP contribution in [-0.4, -0.2) is 59.8 Å². The molecule has 1 aliphatic heterocycles. The van der Waals surface area contributed by atoms with Gasteiger partial charge < -0.3 is 20.9 Å². The highest BCUT2D eigenvalue weighted by atomic mass is 32.3. The van der Waals surface area contributed by atoms with Gasteiger partial charge in [0.05, 0.1) is 0 Å². The maximum Gasteiger partial charge on any atom is 0.0314 e. The highest BCUT2D eigenvalue weighted by Crippen LogP contribution is 2.51. The lowest BCUT2D eigenvalue weighted by molar-refractivity contribution is 0.418. The predicted molar refractivity (Wildman–Crippen MR) is 123 cm³/mol. The molecule has 5 nitrogen and oxygen atoms in total. The van der Waals surface area contributed by atoms with Crippen LogP contribution in [0, 0.1) is 0 Å². The summed E-state index contributed by atoms with van der Waals surface area (Å²) < 4.78 is 12.9. The number of rotatable bonds is 7. The number of hydrogen-bond acceptors (Lipinski definition) is 5. The summed E-state index contributed by atoms with van der Waals surface area (Å²) in [6.45, 7) is 14.5. The topological polar surface area (TPSA) is 78.8 Å². The second-order valence-corrected chi connectivity index (χ2v) is 9.27. The Bertz CT molecular complexity index is 507. The molecule has 1 heterocycles. The van der Waals surface area contributed by atoms with E-state index < -0.39 is 10.5 Å². The molecule has 0 aromatic heterocycles. The SMILES string of the molecule is C=C(N)c1ccc(S(C)(O)N(CCC)CCN)cc1.CC.CN1CCCC1. The summed E-state index contributed by atoms with van der Waals surface area (Å²) in [5.41, 5.74) is 12.7. The Morgan fingerprint density at radius 1 is 1.19 bits per heavy atom. The van der Waals surface area contributed by atoms with Gasteiger partial charge in [0, 0.05) is 36.5 Å². The monoisotopic (exact) mass is 398 g/mol. The van der Waals surface area contributed by atoms with Crippen LogP contribution in [0.25, 0.3) is 5.70 Å². The van der Waals surface area contributed by atoms with E-state index in [1.54, 1.807) is 0 Å². The summed E-state index contributed by atoms with van der Waals surface area (Å²) in [6.07, 6.45) is 5.69. The molecule has 6 heteroatoms. The average Bonchev–Trinajstić information content (AvgIpc) is 3.14. The van der Waals surface area contributed by atoms with Crippen LogP contribution in [0.1, 0.15) is 45.6 Å². The summed E-state index contributed by atoms with van der Waals surface area (Å²) in [5.74, 6) is 0. The molecule has 0 amide bonds. The van der Waals surface area contributed by atoms with Gasteiger partial charge >= 0.3 is 0 Å². The van der Waals surface area contributed by atoms with Crippen LogP contribution in [0.4, 0.5) is 0 Å². The van der Waals surface area contributed by atoms with E-state index >= 15 is 0 Å². The number of benzene rings is 1. The molecule has 1 aromatic carbocycles. The van der Waals surface area contributed by atoms with Crippen molar-refractivity contribution in [2.75, 3.05) is 46.0 Å². The van der Waals surface area contributed by atoms with Crippen molar-refractivity contribution >= 4 is 16.2 Å². The zero-order valence-electron chi connectivity index (χ0n) is 18.1. The molecule has 2 rings (SSSR count). The number of likely N-dealkylation sites (tertiary alicyclic amines) is 1. The van der Waals surface area contributed by atoms with Gasteiger partial charge in [0.2, 0.25) is 0 Å². The molecule has 1 unspecified atom stereocenters. The van der Waals surface area contributed by atoms with Crippen LogP contribution >= 0.6 is 10.5 Å². The zero-order valence-corrected chi connectivity index (χ0v) is 18.9. The van der Waals surface area contributed by atoms with Crippen molar-refractivity contribution in [3.63, 3.8) is 0 Å². The molecule has 0 bridgehead atoms. The molecule has 1 atom stereocenters. The predicted octanol–water partition coefficient (Wildman–Crippen LogP) is 4.21. The van der Waals surface area contributed by atoms with Gasteiger partial charge in [-0.15, -0.1) is 0 Å². The van der Waals surface area contributed by atoms with E-state index in [9.17, 15) is 4.55 Å². The molecule has 0 saturated carbocycles. The van der Waals surface area contributed by atoms with Crippen molar-refractivity contribution in [1.29, 1.82) is 0 Å². The Morgan fingerprint density at radius 3 is 2.04 bits per heavy atom. The van der Waals surface area contributed by atoms with Crippen molar-refractivity contribution in [3.8, 4) is 0 Å². The Balaban J connectivity index is 0.000000702. The lowest BCUT2D eigenvalue weighted by Crippen LogP contribution is -2.32. The average molecular weight is 399 g/mol. The Kier molecular flexibility index (Phi) is 13.5. The molecule has 0 aliphatic carbocycles. The molecule has 158 valence electrons. The Hall–Kier alpha value is -1.05. The third-order valence-electron chi connectivity index (χ3n) is 4.36. The van der Waals surface area contributed by atoms with Gasteiger partial charge in [-0.25, -0.2) is 4.31 Å². The molecule has 0 radical (unpaired) electrons.